The van der Waals surface area contributed by atoms with E-state index in [0.29, 0.717) is 6.04 Å². The van der Waals surface area contributed by atoms with Crippen LogP contribution in [0.15, 0.2) is 84.9 Å². The molecule has 0 saturated heterocycles. The van der Waals surface area contributed by atoms with Crippen LogP contribution in [0.3, 0.4) is 0 Å². The lowest BCUT2D eigenvalue weighted by Crippen LogP contribution is -2.36. The van der Waals surface area contributed by atoms with Gasteiger partial charge in [0, 0.05) is 12.2 Å². The highest BCUT2D eigenvalue weighted by molar-refractivity contribution is 5.55. The van der Waals surface area contributed by atoms with E-state index in [9.17, 15) is 0 Å². The molecule has 3 aromatic carbocycles. The van der Waals surface area contributed by atoms with Gasteiger partial charge in [-0.25, -0.2) is 0 Å². The standard InChI is InChI=1S/C21H19N/c1-3-10-18(11-4-1)21-20-14-8-7-9-17(20)15-16-22(21)19-12-5-2-6-13-19/h1-14,21H,15-16H2. The summed E-state index contributed by atoms with van der Waals surface area (Å²) in [5.74, 6) is 0. The fourth-order valence-electron chi connectivity index (χ4n) is 3.46. The van der Waals surface area contributed by atoms with E-state index >= 15 is 0 Å². The highest BCUT2D eigenvalue weighted by Gasteiger charge is 2.28. The summed E-state index contributed by atoms with van der Waals surface area (Å²) in [6.07, 6.45) is 1.11. The van der Waals surface area contributed by atoms with Crippen LogP contribution in [0.5, 0.6) is 0 Å². The van der Waals surface area contributed by atoms with Crippen molar-refractivity contribution in [2.75, 3.05) is 11.4 Å². The molecule has 0 bridgehead atoms. The third-order valence-corrected chi connectivity index (χ3v) is 4.49. The zero-order valence-corrected chi connectivity index (χ0v) is 12.5. The quantitative estimate of drug-likeness (QED) is 0.651. The Kier molecular flexibility index (Phi) is 3.40. The molecule has 1 heteroatoms. The number of fused-ring (bicyclic) bond motifs is 1. The molecule has 0 aliphatic carbocycles. The molecule has 0 N–H and O–H groups in total. The van der Waals surface area contributed by atoms with Gasteiger partial charge < -0.3 is 4.90 Å². The fourth-order valence-corrected chi connectivity index (χ4v) is 3.46. The first-order chi connectivity index (χ1) is 10.9. The molecule has 0 amide bonds. The van der Waals surface area contributed by atoms with Crippen LogP contribution in [0.4, 0.5) is 5.69 Å². The Hall–Kier alpha value is -2.54. The van der Waals surface area contributed by atoms with E-state index in [2.05, 4.69) is 89.8 Å². The van der Waals surface area contributed by atoms with Crippen molar-refractivity contribution < 1.29 is 0 Å². The Morgan fingerprint density at radius 1 is 0.682 bits per heavy atom. The number of rotatable bonds is 2. The van der Waals surface area contributed by atoms with Gasteiger partial charge in [-0.05, 0) is 35.2 Å². The van der Waals surface area contributed by atoms with Gasteiger partial charge in [-0.2, -0.15) is 0 Å². The van der Waals surface area contributed by atoms with E-state index < -0.39 is 0 Å². The zero-order chi connectivity index (χ0) is 14.8. The molecule has 22 heavy (non-hydrogen) atoms. The molecule has 108 valence electrons. The highest BCUT2D eigenvalue weighted by Crippen LogP contribution is 2.37. The average Bonchev–Trinajstić information content (AvgIpc) is 2.62. The molecule has 1 aliphatic heterocycles. The number of hydrogen-bond donors (Lipinski definition) is 0. The molecule has 0 spiro atoms. The molecule has 1 aliphatic rings. The summed E-state index contributed by atoms with van der Waals surface area (Å²) in [6, 6.07) is 30.7. The van der Waals surface area contributed by atoms with Crippen LogP contribution in [0.1, 0.15) is 22.7 Å². The molecular weight excluding hydrogens is 266 g/mol. The largest absolute Gasteiger partial charge is 0.360 e. The molecular formula is C21H19N. The van der Waals surface area contributed by atoms with Crippen molar-refractivity contribution in [3.8, 4) is 0 Å². The number of hydrogen-bond acceptors (Lipinski definition) is 1. The van der Waals surface area contributed by atoms with Gasteiger partial charge in [-0.3, -0.25) is 0 Å². The van der Waals surface area contributed by atoms with Crippen molar-refractivity contribution in [1.29, 1.82) is 0 Å². The highest BCUT2D eigenvalue weighted by atomic mass is 15.2. The van der Waals surface area contributed by atoms with E-state index in [1.54, 1.807) is 0 Å². The second-order valence-electron chi connectivity index (χ2n) is 5.79. The Labute approximate surface area is 131 Å². The minimum atomic E-state index is 0.300. The molecule has 1 unspecified atom stereocenters. The van der Waals surface area contributed by atoms with Crippen molar-refractivity contribution in [2.45, 2.75) is 12.5 Å². The summed E-state index contributed by atoms with van der Waals surface area (Å²) in [4.78, 5) is 2.53. The van der Waals surface area contributed by atoms with Crippen molar-refractivity contribution >= 4 is 5.69 Å². The summed E-state index contributed by atoms with van der Waals surface area (Å²) >= 11 is 0. The number of nitrogens with zero attached hydrogens (tertiary/aromatic N) is 1. The monoisotopic (exact) mass is 285 g/mol. The number of anilines is 1. The van der Waals surface area contributed by atoms with E-state index in [4.69, 9.17) is 0 Å². The van der Waals surface area contributed by atoms with Crippen molar-refractivity contribution in [3.05, 3.63) is 102 Å². The van der Waals surface area contributed by atoms with Gasteiger partial charge in [0.25, 0.3) is 0 Å². The smallest absolute Gasteiger partial charge is 0.0798 e. The molecule has 0 aromatic heterocycles. The Bertz CT molecular complexity index is 749. The maximum absolute atomic E-state index is 2.53. The van der Waals surface area contributed by atoms with E-state index in [-0.39, 0.29) is 0 Å². The minimum Gasteiger partial charge on any atom is -0.360 e. The molecule has 1 atom stereocenters. The van der Waals surface area contributed by atoms with Gasteiger partial charge in [-0.1, -0.05) is 72.8 Å². The first kappa shape index (κ1) is 13.1. The van der Waals surface area contributed by atoms with Gasteiger partial charge in [0.15, 0.2) is 0 Å². The van der Waals surface area contributed by atoms with Crippen LogP contribution >= 0.6 is 0 Å². The van der Waals surface area contributed by atoms with Crippen LogP contribution in [0, 0.1) is 0 Å². The van der Waals surface area contributed by atoms with Gasteiger partial charge in [0.1, 0.15) is 0 Å². The first-order valence-corrected chi connectivity index (χ1v) is 7.88. The maximum atomic E-state index is 2.53. The van der Waals surface area contributed by atoms with Crippen LogP contribution in [0.25, 0.3) is 0 Å². The molecule has 0 radical (unpaired) electrons. The van der Waals surface area contributed by atoms with Gasteiger partial charge in [0.05, 0.1) is 6.04 Å². The summed E-state index contributed by atoms with van der Waals surface area (Å²) in [7, 11) is 0. The predicted octanol–water partition coefficient (Wildman–Crippen LogP) is 4.84. The van der Waals surface area contributed by atoms with Crippen LogP contribution in [-0.4, -0.2) is 6.54 Å². The third-order valence-electron chi connectivity index (χ3n) is 4.49. The minimum absolute atomic E-state index is 0.300. The van der Waals surface area contributed by atoms with Gasteiger partial charge in [0.2, 0.25) is 0 Å². The second-order valence-corrected chi connectivity index (χ2v) is 5.79. The summed E-state index contributed by atoms with van der Waals surface area (Å²) in [6.45, 7) is 1.06. The van der Waals surface area contributed by atoms with E-state index in [0.717, 1.165) is 13.0 Å². The molecule has 1 nitrogen and oxygen atoms in total. The molecule has 0 fully saturated rings. The van der Waals surface area contributed by atoms with Crippen LogP contribution < -0.4 is 4.90 Å². The summed E-state index contributed by atoms with van der Waals surface area (Å²) in [5.41, 5.74) is 5.57. The Morgan fingerprint density at radius 3 is 2.09 bits per heavy atom. The van der Waals surface area contributed by atoms with Crippen molar-refractivity contribution in [2.24, 2.45) is 0 Å². The summed E-state index contributed by atoms with van der Waals surface area (Å²) < 4.78 is 0. The maximum Gasteiger partial charge on any atom is 0.0798 e. The zero-order valence-electron chi connectivity index (χ0n) is 12.5. The Balaban J connectivity index is 1.86. The van der Waals surface area contributed by atoms with Crippen molar-refractivity contribution in [1.82, 2.24) is 0 Å². The van der Waals surface area contributed by atoms with E-state index in [1.165, 1.54) is 22.4 Å². The fraction of sp³-hybridized carbons (Fsp3) is 0.143. The lowest BCUT2D eigenvalue weighted by Gasteiger charge is -2.39. The third kappa shape index (κ3) is 2.29. The van der Waals surface area contributed by atoms with E-state index in [1.807, 2.05) is 0 Å². The predicted molar refractivity (Wildman–Crippen MR) is 92.2 cm³/mol. The lowest BCUT2D eigenvalue weighted by molar-refractivity contribution is 0.653. The topological polar surface area (TPSA) is 3.24 Å². The number of benzene rings is 3. The lowest BCUT2D eigenvalue weighted by atomic mass is 9.88. The Morgan fingerprint density at radius 2 is 1.32 bits per heavy atom. The summed E-state index contributed by atoms with van der Waals surface area (Å²) in [5, 5.41) is 0. The van der Waals surface area contributed by atoms with Gasteiger partial charge in [-0.15, -0.1) is 0 Å². The van der Waals surface area contributed by atoms with Crippen molar-refractivity contribution in [3.63, 3.8) is 0 Å². The van der Waals surface area contributed by atoms with Gasteiger partial charge >= 0.3 is 0 Å². The molecule has 0 saturated carbocycles. The first-order valence-electron chi connectivity index (χ1n) is 7.88. The number of para-hydroxylation sites is 1. The molecule has 1 heterocycles. The SMILES string of the molecule is c1ccc(C2c3ccccc3CCN2c2ccccc2)cc1. The normalized spacial score (nSPS) is 17.1. The average molecular weight is 285 g/mol. The molecule has 4 rings (SSSR count). The molecule has 3 aromatic rings. The van der Waals surface area contributed by atoms with Crippen LogP contribution in [0.2, 0.25) is 0 Å². The van der Waals surface area contributed by atoms with Crippen LogP contribution in [-0.2, 0) is 6.42 Å². The second kappa shape index (κ2) is 5.69.